The Morgan fingerprint density at radius 2 is 2.05 bits per heavy atom. The number of aromatic nitrogens is 1. The Bertz CT molecular complexity index is 495. The van der Waals surface area contributed by atoms with E-state index in [1.54, 1.807) is 0 Å². The van der Waals surface area contributed by atoms with E-state index >= 15 is 0 Å². The van der Waals surface area contributed by atoms with Gasteiger partial charge in [-0.1, -0.05) is 0 Å². The van der Waals surface area contributed by atoms with Gasteiger partial charge in [0.2, 0.25) is 0 Å². The number of thioether (sulfide) groups is 1. The summed E-state index contributed by atoms with van der Waals surface area (Å²) in [6.07, 6.45) is 0. The van der Waals surface area contributed by atoms with Crippen molar-refractivity contribution in [2.24, 2.45) is 0 Å². The Balaban J connectivity index is 2.56. The molecule has 0 aromatic carbocycles. The first kappa shape index (κ1) is 16.6. The molecular formula is C14H22N2O3S. The number of nitrogens with zero attached hydrogens (tertiary/aromatic N) is 1. The molecule has 1 rings (SSSR count). The first-order valence-corrected chi connectivity index (χ1v) is 7.76. The number of aryl methyl sites for hydroxylation is 1. The molecule has 0 aliphatic heterocycles. The predicted molar refractivity (Wildman–Crippen MR) is 81.6 cm³/mol. The minimum Gasteiger partial charge on any atom is -0.481 e. The first-order valence-electron chi connectivity index (χ1n) is 6.60. The summed E-state index contributed by atoms with van der Waals surface area (Å²) in [4.78, 5) is 22.5. The van der Waals surface area contributed by atoms with Crippen LogP contribution >= 0.6 is 11.8 Å². The summed E-state index contributed by atoms with van der Waals surface area (Å²) in [5.74, 6) is -0.263. The highest BCUT2D eigenvalue weighted by molar-refractivity contribution is 7.99. The number of nitrogens with one attached hydrogen (secondary N) is 1. The summed E-state index contributed by atoms with van der Waals surface area (Å²) < 4.78 is 2.13. The number of hydrogen-bond acceptors (Lipinski definition) is 3. The average molecular weight is 298 g/mol. The maximum atomic E-state index is 12.1. The molecule has 0 bridgehead atoms. The van der Waals surface area contributed by atoms with Crippen LogP contribution in [-0.4, -0.2) is 39.6 Å². The smallest absolute Gasteiger partial charge is 0.313 e. The lowest BCUT2D eigenvalue weighted by Gasteiger charge is -2.13. The van der Waals surface area contributed by atoms with Crippen molar-refractivity contribution >= 4 is 23.6 Å². The number of aliphatic carboxylic acids is 1. The molecule has 1 heterocycles. The fourth-order valence-electron chi connectivity index (χ4n) is 2.29. The van der Waals surface area contributed by atoms with Crippen LogP contribution in [0.3, 0.4) is 0 Å². The number of carbonyl (C=O) groups is 2. The summed E-state index contributed by atoms with van der Waals surface area (Å²) in [5.41, 5.74) is 2.73. The van der Waals surface area contributed by atoms with Gasteiger partial charge in [0.1, 0.15) is 0 Å². The minimum atomic E-state index is -0.832. The molecular weight excluding hydrogens is 276 g/mol. The van der Waals surface area contributed by atoms with Gasteiger partial charge in [0.05, 0.1) is 11.3 Å². The van der Waals surface area contributed by atoms with E-state index in [4.69, 9.17) is 5.11 Å². The number of amides is 1. The van der Waals surface area contributed by atoms with Crippen molar-refractivity contribution in [2.45, 2.75) is 33.7 Å². The van der Waals surface area contributed by atoms with Crippen LogP contribution in [0.4, 0.5) is 0 Å². The molecule has 0 radical (unpaired) electrons. The van der Waals surface area contributed by atoms with Gasteiger partial charge in [0.15, 0.2) is 0 Å². The summed E-state index contributed by atoms with van der Waals surface area (Å²) in [6.45, 7) is 8.59. The van der Waals surface area contributed by atoms with Gasteiger partial charge in [-0.25, -0.2) is 0 Å². The highest BCUT2D eigenvalue weighted by Crippen LogP contribution is 2.19. The maximum absolute atomic E-state index is 12.1. The Kier molecular flexibility index (Phi) is 6.13. The zero-order chi connectivity index (χ0) is 15.3. The normalized spacial score (nSPS) is 10.8. The third kappa shape index (κ3) is 4.30. The lowest BCUT2D eigenvalue weighted by atomic mass is 10.2. The quantitative estimate of drug-likeness (QED) is 0.757. The van der Waals surface area contributed by atoms with Crippen LogP contribution in [-0.2, 0) is 4.79 Å². The van der Waals surface area contributed by atoms with Crippen LogP contribution in [0.15, 0.2) is 6.07 Å². The van der Waals surface area contributed by atoms with Gasteiger partial charge in [0, 0.05) is 29.7 Å². The average Bonchev–Trinajstić information content (AvgIpc) is 2.63. The molecule has 0 unspecified atom stereocenters. The predicted octanol–water partition coefficient (Wildman–Crippen LogP) is 2.23. The Labute approximate surface area is 123 Å². The summed E-state index contributed by atoms with van der Waals surface area (Å²) in [7, 11) is 0. The maximum Gasteiger partial charge on any atom is 0.313 e. The SMILES string of the molecule is Cc1cc(C(=O)NCCSCC(=O)O)c(C)n1C(C)C. The lowest BCUT2D eigenvalue weighted by molar-refractivity contribution is -0.133. The van der Waals surface area contributed by atoms with Crippen molar-refractivity contribution < 1.29 is 14.7 Å². The molecule has 0 spiro atoms. The van der Waals surface area contributed by atoms with Crippen molar-refractivity contribution in [3.8, 4) is 0 Å². The number of hydrogen-bond donors (Lipinski definition) is 2. The molecule has 1 amide bonds. The number of carboxylic acids is 1. The molecule has 1 aromatic rings. The summed E-state index contributed by atoms with van der Waals surface area (Å²) >= 11 is 1.30. The molecule has 0 aliphatic carbocycles. The highest BCUT2D eigenvalue weighted by atomic mass is 32.2. The standard InChI is InChI=1S/C14H22N2O3S/c1-9(2)16-10(3)7-12(11(16)4)14(19)15-5-6-20-8-13(17)18/h7,9H,5-6,8H2,1-4H3,(H,15,19)(H,17,18). The third-order valence-electron chi connectivity index (χ3n) is 3.00. The van der Waals surface area contributed by atoms with E-state index in [0.717, 1.165) is 11.4 Å². The van der Waals surface area contributed by atoms with Gasteiger partial charge in [-0.15, -0.1) is 11.8 Å². The van der Waals surface area contributed by atoms with Crippen molar-refractivity contribution in [1.82, 2.24) is 9.88 Å². The molecule has 0 atom stereocenters. The van der Waals surface area contributed by atoms with Gasteiger partial charge in [-0.3, -0.25) is 9.59 Å². The van der Waals surface area contributed by atoms with E-state index in [1.165, 1.54) is 11.8 Å². The highest BCUT2D eigenvalue weighted by Gasteiger charge is 2.16. The van der Waals surface area contributed by atoms with E-state index < -0.39 is 5.97 Å². The Morgan fingerprint density at radius 3 is 2.55 bits per heavy atom. The van der Waals surface area contributed by atoms with E-state index in [9.17, 15) is 9.59 Å². The second kappa shape index (κ2) is 7.38. The van der Waals surface area contributed by atoms with Gasteiger partial charge in [-0.2, -0.15) is 0 Å². The lowest BCUT2D eigenvalue weighted by Crippen LogP contribution is -2.26. The van der Waals surface area contributed by atoms with Crippen molar-refractivity contribution in [1.29, 1.82) is 0 Å². The van der Waals surface area contributed by atoms with Gasteiger partial charge < -0.3 is 15.0 Å². The van der Waals surface area contributed by atoms with Crippen molar-refractivity contribution in [2.75, 3.05) is 18.1 Å². The minimum absolute atomic E-state index is 0.0672. The van der Waals surface area contributed by atoms with Crippen LogP contribution in [0.25, 0.3) is 0 Å². The zero-order valence-electron chi connectivity index (χ0n) is 12.4. The summed E-state index contributed by atoms with van der Waals surface area (Å²) in [5, 5.41) is 11.3. The van der Waals surface area contributed by atoms with Crippen LogP contribution in [0, 0.1) is 13.8 Å². The Morgan fingerprint density at radius 1 is 1.40 bits per heavy atom. The van der Waals surface area contributed by atoms with Crippen LogP contribution < -0.4 is 5.32 Å². The second-order valence-corrected chi connectivity index (χ2v) is 6.06. The van der Waals surface area contributed by atoms with Crippen molar-refractivity contribution in [3.63, 3.8) is 0 Å². The number of rotatable bonds is 7. The zero-order valence-corrected chi connectivity index (χ0v) is 13.2. The van der Waals surface area contributed by atoms with E-state index in [0.29, 0.717) is 23.9 Å². The number of carboxylic acid groups (broad SMARTS) is 1. The molecule has 20 heavy (non-hydrogen) atoms. The molecule has 0 fully saturated rings. The molecule has 0 saturated carbocycles. The summed E-state index contributed by atoms with van der Waals surface area (Å²) in [6, 6.07) is 2.22. The van der Waals surface area contributed by atoms with Crippen LogP contribution in [0.2, 0.25) is 0 Å². The molecule has 2 N–H and O–H groups in total. The van der Waals surface area contributed by atoms with Crippen molar-refractivity contribution in [3.05, 3.63) is 23.0 Å². The number of carbonyl (C=O) groups excluding carboxylic acids is 1. The topological polar surface area (TPSA) is 71.3 Å². The fraction of sp³-hybridized carbons (Fsp3) is 0.571. The Hall–Kier alpha value is -1.43. The van der Waals surface area contributed by atoms with E-state index in [2.05, 4.69) is 23.7 Å². The third-order valence-corrected chi connectivity index (χ3v) is 3.95. The fourth-order valence-corrected chi connectivity index (χ4v) is 2.86. The first-order chi connectivity index (χ1) is 9.34. The molecule has 1 aromatic heterocycles. The molecule has 0 saturated heterocycles. The van der Waals surface area contributed by atoms with Crippen LogP contribution in [0.5, 0.6) is 0 Å². The monoisotopic (exact) mass is 298 g/mol. The largest absolute Gasteiger partial charge is 0.481 e. The second-order valence-electron chi connectivity index (χ2n) is 4.95. The van der Waals surface area contributed by atoms with Gasteiger partial charge >= 0.3 is 5.97 Å². The van der Waals surface area contributed by atoms with E-state index in [1.807, 2.05) is 19.9 Å². The van der Waals surface area contributed by atoms with Gasteiger partial charge in [-0.05, 0) is 33.8 Å². The van der Waals surface area contributed by atoms with Crippen LogP contribution in [0.1, 0.15) is 41.6 Å². The molecule has 5 nitrogen and oxygen atoms in total. The van der Waals surface area contributed by atoms with Gasteiger partial charge in [0.25, 0.3) is 5.91 Å². The molecule has 6 heteroatoms. The molecule has 0 aliphatic rings. The van der Waals surface area contributed by atoms with E-state index in [-0.39, 0.29) is 11.7 Å². The molecule has 112 valence electrons.